The summed E-state index contributed by atoms with van der Waals surface area (Å²) in [4.78, 5) is 57.8. The van der Waals surface area contributed by atoms with Crippen LogP contribution in [0.4, 0.5) is 0 Å². The van der Waals surface area contributed by atoms with Crippen LogP contribution in [0.2, 0.25) is 0 Å². The number of carbonyl (C=O) groups is 4. The first-order valence-electron chi connectivity index (χ1n) is 11.0. The van der Waals surface area contributed by atoms with Gasteiger partial charge in [-0.2, -0.15) is 0 Å². The number of nitrogens with two attached hydrogens (primary N) is 5. The lowest BCUT2D eigenvalue weighted by molar-refractivity contribution is -0.144. The molecule has 3 atom stereocenters. The lowest BCUT2D eigenvalue weighted by Gasteiger charge is -2.26. The number of carboxylic acids is 1. The Morgan fingerprint density at radius 1 is 1.00 bits per heavy atom. The molecule has 3 unspecified atom stereocenters. The quantitative estimate of drug-likeness (QED) is 0.0673. The molecule has 0 aliphatic carbocycles. The Labute approximate surface area is 197 Å². The van der Waals surface area contributed by atoms with Gasteiger partial charge in [0.15, 0.2) is 11.9 Å². The first-order valence-corrected chi connectivity index (χ1v) is 11.0. The first kappa shape index (κ1) is 28.4. The van der Waals surface area contributed by atoms with Crippen LogP contribution < -0.4 is 39.3 Å². The van der Waals surface area contributed by atoms with E-state index in [9.17, 15) is 24.3 Å². The SMILES string of the molecule is NC(N)=NCCCC(N)C(=O)NCC(=O)N1CCCC1C(=O)NC(CCCN=C(N)N)C(=O)O. The molecule has 192 valence electrons. The van der Waals surface area contributed by atoms with Crippen LogP contribution in [0, 0.1) is 0 Å². The minimum Gasteiger partial charge on any atom is -0.480 e. The number of carbonyl (C=O) groups excluding carboxylic acids is 3. The van der Waals surface area contributed by atoms with Gasteiger partial charge in [0.1, 0.15) is 12.1 Å². The molecule has 0 bridgehead atoms. The van der Waals surface area contributed by atoms with Crippen molar-refractivity contribution in [3.63, 3.8) is 0 Å². The Morgan fingerprint density at radius 3 is 2.15 bits per heavy atom. The molecule has 1 fully saturated rings. The fourth-order valence-electron chi connectivity index (χ4n) is 3.41. The third-order valence-corrected chi connectivity index (χ3v) is 5.15. The van der Waals surface area contributed by atoms with Gasteiger partial charge in [0.2, 0.25) is 17.7 Å². The minimum absolute atomic E-state index is 0.0477. The second-order valence-electron chi connectivity index (χ2n) is 7.87. The van der Waals surface area contributed by atoms with Crippen LogP contribution in [-0.2, 0) is 19.2 Å². The van der Waals surface area contributed by atoms with Gasteiger partial charge >= 0.3 is 5.97 Å². The summed E-state index contributed by atoms with van der Waals surface area (Å²) in [5, 5.41) is 14.3. The zero-order valence-corrected chi connectivity index (χ0v) is 19.1. The second kappa shape index (κ2) is 14.5. The van der Waals surface area contributed by atoms with Crippen LogP contribution in [0.3, 0.4) is 0 Å². The maximum absolute atomic E-state index is 12.7. The molecule has 0 aromatic rings. The van der Waals surface area contributed by atoms with Gasteiger partial charge in [0.25, 0.3) is 0 Å². The van der Waals surface area contributed by atoms with E-state index >= 15 is 0 Å². The molecule has 0 aromatic carbocycles. The van der Waals surface area contributed by atoms with Crippen molar-refractivity contribution in [2.24, 2.45) is 38.7 Å². The van der Waals surface area contributed by atoms with Crippen LogP contribution in [0.5, 0.6) is 0 Å². The van der Waals surface area contributed by atoms with Gasteiger partial charge in [-0.05, 0) is 38.5 Å². The third-order valence-electron chi connectivity index (χ3n) is 5.15. The van der Waals surface area contributed by atoms with E-state index in [1.807, 2.05) is 0 Å². The molecule has 15 heteroatoms. The summed E-state index contributed by atoms with van der Waals surface area (Å²) in [6.07, 6.45) is 2.24. The standard InChI is InChI=1S/C19H36N10O5/c20-11(4-1-7-25-18(21)22)15(31)27-10-14(30)29-9-3-6-13(29)16(32)28-12(17(33)34)5-2-8-26-19(23)24/h11-13H,1-10,20H2,(H,27,31)(H,28,32)(H,33,34)(H4,21,22,25)(H4,23,24,26). The normalized spacial score (nSPS) is 16.7. The second-order valence-corrected chi connectivity index (χ2v) is 7.87. The van der Waals surface area contributed by atoms with Gasteiger partial charge in [0.05, 0.1) is 12.6 Å². The Morgan fingerprint density at radius 2 is 1.59 bits per heavy atom. The number of nitrogens with one attached hydrogen (secondary N) is 2. The van der Waals surface area contributed by atoms with E-state index in [0.717, 1.165) is 0 Å². The van der Waals surface area contributed by atoms with Gasteiger partial charge in [-0.15, -0.1) is 0 Å². The van der Waals surface area contributed by atoms with Gasteiger partial charge in [-0.3, -0.25) is 24.4 Å². The molecule has 1 saturated heterocycles. The number of hydrogen-bond acceptors (Lipinski definition) is 7. The number of guanidine groups is 2. The predicted octanol–water partition coefficient (Wildman–Crippen LogP) is -3.90. The Hall–Kier alpha value is -3.62. The number of rotatable bonds is 14. The Kier molecular flexibility index (Phi) is 12.1. The van der Waals surface area contributed by atoms with Crippen LogP contribution >= 0.6 is 0 Å². The van der Waals surface area contributed by atoms with Crippen molar-refractivity contribution in [1.82, 2.24) is 15.5 Å². The van der Waals surface area contributed by atoms with Gasteiger partial charge in [-0.1, -0.05) is 0 Å². The molecule has 0 saturated carbocycles. The summed E-state index contributed by atoms with van der Waals surface area (Å²) in [7, 11) is 0. The number of nitrogens with zero attached hydrogens (tertiary/aromatic N) is 3. The number of aliphatic carboxylic acids is 1. The van der Waals surface area contributed by atoms with Gasteiger partial charge in [-0.25, -0.2) is 4.79 Å². The molecule has 3 amide bonds. The molecule has 1 rings (SSSR count). The van der Waals surface area contributed by atoms with E-state index in [-0.39, 0.29) is 31.4 Å². The smallest absolute Gasteiger partial charge is 0.326 e. The maximum atomic E-state index is 12.7. The van der Waals surface area contributed by atoms with Crippen molar-refractivity contribution in [2.45, 2.75) is 56.7 Å². The zero-order valence-electron chi connectivity index (χ0n) is 19.1. The fourth-order valence-corrected chi connectivity index (χ4v) is 3.41. The summed E-state index contributed by atoms with van der Waals surface area (Å²) >= 11 is 0. The largest absolute Gasteiger partial charge is 0.480 e. The lowest BCUT2D eigenvalue weighted by atomic mass is 10.1. The topological polar surface area (TPSA) is 271 Å². The summed E-state index contributed by atoms with van der Waals surface area (Å²) in [6.45, 7) is 0.551. The highest BCUT2D eigenvalue weighted by molar-refractivity contribution is 5.93. The van der Waals surface area contributed by atoms with Crippen LogP contribution in [0.15, 0.2) is 9.98 Å². The molecule has 0 aromatic heterocycles. The molecule has 0 spiro atoms. The molecule has 1 heterocycles. The highest BCUT2D eigenvalue weighted by Gasteiger charge is 2.35. The van der Waals surface area contributed by atoms with E-state index < -0.39 is 41.8 Å². The van der Waals surface area contributed by atoms with Crippen molar-refractivity contribution in [2.75, 3.05) is 26.2 Å². The average molecular weight is 485 g/mol. The van der Waals surface area contributed by atoms with E-state index in [1.165, 1.54) is 4.90 Å². The molecule has 0 radical (unpaired) electrons. The monoisotopic (exact) mass is 484 g/mol. The molecule has 1 aliphatic rings. The molecule has 1 aliphatic heterocycles. The summed E-state index contributed by atoms with van der Waals surface area (Å²) < 4.78 is 0. The number of hydrogen-bond donors (Lipinski definition) is 8. The zero-order chi connectivity index (χ0) is 25.7. The minimum atomic E-state index is -1.20. The van der Waals surface area contributed by atoms with Crippen molar-refractivity contribution in [1.29, 1.82) is 0 Å². The van der Waals surface area contributed by atoms with Gasteiger partial charge < -0.3 is 49.3 Å². The number of carboxylic acid groups (broad SMARTS) is 1. The number of aliphatic imine (C=N–C) groups is 2. The lowest BCUT2D eigenvalue weighted by Crippen LogP contribution is -2.53. The predicted molar refractivity (Wildman–Crippen MR) is 125 cm³/mol. The van der Waals surface area contributed by atoms with Crippen molar-refractivity contribution in [3.8, 4) is 0 Å². The fraction of sp³-hybridized carbons (Fsp3) is 0.684. The highest BCUT2D eigenvalue weighted by Crippen LogP contribution is 2.18. The molecule has 34 heavy (non-hydrogen) atoms. The van der Waals surface area contributed by atoms with Crippen LogP contribution in [0.1, 0.15) is 38.5 Å². The number of amides is 3. The van der Waals surface area contributed by atoms with Crippen molar-refractivity contribution >= 4 is 35.6 Å². The molecule has 13 N–H and O–H groups in total. The molecule has 15 nitrogen and oxygen atoms in total. The Bertz CT molecular complexity index is 779. The van der Waals surface area contributed by atoms with Gasteiger partial charge in [0, 0.05) is 19.6 Å². The summed E-state index contributed by atoms with van der Waals surface area (Å²) in [6, 6.07) is -2.80. The maximum Gasteiger partial charge on any atom is 0.326 e. The first-order chi connectivity index (χ1) is 16.0. The van der Waals surface area contributed by atoms with E-state index in [4.69, 9.17) is 28.7 Å². The average Bonchev–Trinajstić information content (AvgIpc) is 3.26. The van der Waals surface area contributed by atoms with Crippen molar-refractivity contribution in [3.05, 3.63) is 0 Å². The van der Waals surface area contributed by atoms with Crippen LogP contribution in [-0.4, -0.2) is 89.9 Å². The van der Waals surface area contributed by atoms with E-state index in [0.29, 0.717) is 45.2 Å². The molecular weight excluding hydrogens is 448 g/mol. The van der Waals surface area contributed by atoms with E-state index in [1.54, 1.807) is 0 Å². The van der Waals surface area contributed by atoms with Crippen molar-refractivity contribution < 1.29 is 24.3 Å². The highest BCUT2D eigenvalue weighted by atomic mass is 16.4. The number of likely N-dealkylation sites (tertiary alicyclic amines) is 1. The third kappa shape index (κ3) is 10.3. The Balaban J connectivity index is 2.54. The summed E-state index contributed by atoms with van der Waals surface area (Å²) in [5.41, 5.74) is 26.7. The summed E-state index contributed by atoms with van der Waals surface area (Å²) in [5.74, 6) is -2.88. The van der Waals surface area contributed by atoms with Crippen LogP contribution in [0.25, 0.3) is 0 Å². The molecular formula is C19H36N10O5. The van der Waals surface area contributed by atoms with E-state index in [2.05, 4.69) is 20.6 Å².